The van der Waals surface area contributed by atoms with Crippen LogP contribution in [0.1, 0.15) is 13.3 Å². The first-order chi connectivity index (χ1) is 7.34. The van der Waals surface area contributed by atoms with Crippen LogP contribution in [0.4, 0.5) is 13.2 Å². The lowest BCUT2D eigenvalue weighted by Gasteiger charge is -2.39. The van der Waals surface area contributed by atoms with E-state index in [4.69, 9.17) is 5.11 Å². The molecule has 16 heavy (non-hydrogen) atoms. The van der Waals surface area contributed by atoms with Gasteiger partial charge in [-0.3, -0.25) is 4.90 Å². The van der Waals surface area contributed by atoms with Gasteiger partial charge < -0.3 is 10.0 Å². The molecule has 0 spiro atoms. The highest BCUT2D eigenvalue weighted by molar-refractivity contribution is 4.81. The van der Waals surface area contributed by atoms with Gasteiger partial charge >= 0.3 is 6.18 Å². The number of hydrogen-bond donors (Lipinski definition) is 1. The predicted molar refractivity (Wildman–Crippen MR) is 55.2 cm³/mol. The molecule has 0 aromatic rings. The fourth-order valence-corrected chi connectivity index (χ4v) is 1.97. The van der Waals surface area contributed by atoms with Crippen molar-refractivity contribution >= 4 is 0 Å². The van der Waals surface area contributed by atoms with Gasteiger partial charge in [-0.15, -0.1) is 0 Å². The first kappa shape index (κ1) is 13.7. The predicted octanol–water partition coefficient (Wildman–Crippen LogP) is 0.936. The lowest BCUT2D eigenvalue weighted by atomic mass is 10.1. The summed E-state index contributed by atoms with van der Waals surface area (Å²) in [5, 5.41) is 8.98. The molecule has 0 aliphatic carbocycles. The third-order valence-electron chi connectivity index (χ3n) is 3.14. The maximum Gasteiger partial charge on any atom is 0.415 e. The molecular formula is C10H19F3N2O. The second-order valence-electron chi connectivity index (χ2n) is 4.36. The number of aliphatic hydroxyl groups is 1. The van der Waals surface area contributed by atoms with Crippen LogP contribution in [0.25, 0.3) is 0 Å². The van der Waals surface area contributed by atoms with Crippen LogP contribution in [-0.4, -0.2) is 66.5 Å². The molecule has 3 nitrogen and oxygen atoms in total. The van der Waals surface area contributed by atoms with Crippen LogP contribution in [-0.2, 0) is 0 Å². The van der Waals surface area contributed by atoms with E-state index >= 15 is 0 Å². The molecule has 1 aliphatic heterocycles. The van der Waals surface area contributed by atoms with Crippen molar-refractivity contribution in [2.24, 2.45) is 0 Å². The number of aliphatic hydroxyl groups excluding tert-OH is 1. The first-order valence-corrected chi connectivity index (χ1v) is 5.52. The van der Waals surface area contributed by atoms with Gasteiger partial charge in [-0.2, -0.15) is 13.2 Å². The molecule has 0 saturated carbocycles. The zero-order valence-corrected chi connectivity index (χ0v) is 9.67. The van der Waals surface area contributed by atoms with Gasteiger partial charge in [-0.05, 0) is 13.5 Å². The van der Waals surface area contributed by atoms with Crippen molar-refractivity contribution in [2.75, 3.05) is 33.2 Å². The summed E-state index contributed by atoms with van der Waals surface area (Å²) < 4.78 is 36.5. The molecule has 6 heteroatoms. The zero-order valence-electron chi connectivity index (χ0n) is 9.67. The fourth-order valence-electron chi connectivity index (χ4n) is 1.97. The molecule has 1 aliphatic rings. The molecule has 1 rings (SSSR count). The molecule has 1 fully saturated rings. The van der Waals surface area contributed by atoms with Crippen LogP contribution < -0.4 is 0 Å². The van der Waals surface area contributed by atoms with Crippen molar-refractivity contribution < 1.29 is 18.3 Å². The molecule has 1 N–H and O–H groups in total. The Morgan fingerprint density at radius 1 is 1.38 bits per heavy atom. The van der Waals surface area contributed by atoms with Crippen LogP contribution >= 0.6 is 0 Å². The van der Waals surface area contributed by atoms with E-state index in [1.807, 2.05) is 14.0 Å². The minimum atomic E-state index is -4.51. The van der Waals surface area contributed by atoms with E-state index in [2.05, 4.69) is 4.90 Å². The molecule has 0 aromatic heterocycles. The number of alkyl halides is 3. The van der Waals surface area contributed by atoms with Gasteiger partial charge in [0.15, 0.2) is 6.10 Å². The van der Waals surface area contributed by atoms with Crippen molar-refractivity contribution in [3.63, 3.8) is 0 Å². The maximum absolute atomic E-state index is 12.2. The Morgan fingerprint density at radius 2 is 2.00 bits per heavy atom. The molecule has 0 radical (unpaired) electrons. The normalized spacial score (nSPS) is 27.0. The number of rotatable bonds is 3. The molecule has 2 unspecified atom stereocenters. The molecule has 0 bridgehead atoms. The van der Waals surface area contributed by atoms with E-state index in [0.717, 1.165) is 13.0 Å². The van der Waals surface area contributed by atoms with Gasteiger partial charge in [-0.1, -0.05) is 6.92 Å². The minimum absolute atomic E-state index is 0.286. The molecule has 2 atom stereocenters. The average Bonchev–Trinajstić information content (AvgIpc) is 2.19. The fraction of sp³-hybridized carbons (Fsp3) is 1.00. The lowest BCUT2D eigenvalue weighted by Crippen LogP contribution is -2.54. The van der Waals surface area contributed by atoms with E-state index in [-0.39, 0.29) is 12.6 Å². The third-order valence-corrected chi connectivity index (χ3v) is 3.14. The molecule has 1 saturated heterocycles. The van der Waals surface area contributed by atoms with E-state index < -0.39 is 12.3 Å². The summed E-state index contributed by atoms with van der Waals surface area (Å²) in [5.41, 5.74) is 0. The Morgan fingerprint density at radius 3 is 2.50 bits per heavy atom. The SMILES string of the molecule is CCC1CN(CC(O)C(F)(F)F)CCN1C. The van der Waals surface area contributed by atoms with Crippen molar-refractivity contribution in [1.82, 2.24) is 9.80 Å². The smallest absolute Gasteiger partial charge is 0.382 e. The van der Waals surface area contributed by atoms with Gasteiger partial charge in [0.25, 0.3) is 0 Å². The maximum atomic E-state index is 12.2. The highest BCUT2D eigenvalue weighted by atomic mass is 19.4. The van der Waals surface area contributed by atoms with Crippen molar-refractivity contribution in [1.29, 1.82) is 0 Å². The molecule has 1 heterocycles. The van der Waals surface area contributed by atoms with Gasteiger partial charge in [0, 0.05) is 32.2 Å². The Balaban J connectivity index is 2.44. The van der Waals surface area contributed by atoms with Gasteiger partial charge in [-0.25, -0.2) is 0 Å². The van der Waals surface area contributed by atoms with E-state index in [1.165, 1.54) is 0 Å². The largest absolute Gasteiger partial charge is 0.415 e. The monoisotopic (exact) mass is 240 g/mol. The standard InChI is InChI=1S/C10H19F3N2O/c1-3-8-6-15(5-4-14(8)2)7-9(16)10(11,12)13/h8-9,16H,3-7H2,1-2H3. The summed E-state index contributed by atoms with van der Waals surface area (Å²) >= 11 is 0. The first-order valence-electron chi connectivity index (χ1n) is 5.52. The number of likely N-dealkylation sites (N-methyl/N-ethyl adjacent to an activating group) is 1. The van der Waals surface area contributed by atoms with E-state index in [0.29, 0.717) is 13.1 Å². The number of hydrogen-bond acceptors (Lipinski definition) is 3. The van der Waals surface area contributed by atoms with Gasteiger partial charge in [0.05, 0.1) is 0 Å². The van der Waals surface area contributed by atoms with Crippen molar-refractivity contribution in [3.05, 3.63) is 0 Å². The summed E-state index contributed by atoms with van der Waals surface area (Å²) in [6.07, 6.45) is -5.83. The Bertz CT molecular complexity index is 223. The second-order valence-corrected chi connectivity index (χ2v) is 4.36. The molecule has 96 valence electrons. The van der Waals surface area contributed by atoms with Gasteiger partial charge in [0.1, 0.15) is 0 Å². The Hall–Kier alpha value is -0.330. The Labute approximate surface area is 93.8 Å². The van der Waals surface area contributed by atoms with Crippen LogP contribution in [0.5, 0.6) is 0 Å². The zero-order chi connectivity index (χ0) is 12.3. The number of β-amino-alcohol motifs (C(OH)–C–C–N with tert-alkyl or cyclic N) is 1. The molecular weight excluding hydrogens is 221 g/mol. The molecule has 0 aromatic carbocycles. The topological polar surface area (TPSA) is 26.7 Å². The molecule has 0 amide bonds. The highest BCUT2D eigenvalue weighted by Crippen LogP contribution is 2.21. The van der Waals surface area contributed by atoms with Crippen LogP contribution in [0.2, 0.25) is 0 Å². The summed E-state index contributed by atoms with van der Waals surface area (Å²) in [7, 11) is 1.98. The summed E-state index contributed by atoms with van der Waals surface area (Å²) in [4.78, 5) is 3.84. The van der Waals surface area contributed by atoms with Crippen LogP contribution in [0.3, 0.4) is 0 Å². The van der Waals surface area contributed by atoms with Crippen LogP contribution in [0.15, 0.2) is 0 Å². The third kappa shape index (κ3) is 3.61. The number of halogens is 3. The minimum Gasteiger partial charge on any atom is -0.382 e. The van der Waals surface area contributed by atoms with E-state index in [9.17, 15) is 13.2 Å². The number of nitrogens with zero attached hydrogens (tertiary/aromatic N) is 2. The highest BCUT2D eigenvalue weighted by Gasteiger charge is 2.39. The van der Waals surface area contributed by atoms with E-state index in [1.54, 1.807) is 4.90 Å². The van der Waals surface area contributed by atoms with Crippen LogP contribution in [0, 0.1) is 0 Å². The van der Waals surface area contributed by atoms with Crippen molar-refractivity contribution in [3.8, 4) is 0 Å². The number of piperazine rings is 1. The van der Waals surface area contributed by atoms with Crippen molar-refractivity contribution in [2.45, 2.75) is 31.7 Å². The second kappa shape index (κ2) is 5.33. The van der Waals surface area contributed by atoms with Gasteiger partial charge in [0.2, 0.25) is 0 Å². The lowest BCUT2D eigenvalue weighted by molar-refractivity contribution is -0.209. The quantitative estimate of drug-likeness (QED) is 0.795. The Kier molecular flexibility index (Phi) is 4.58. The summed E-state index contributed by atoms with van der Waals surface area (Å²) in [6, 6.07) is 0.286. The summed E-state index contributed by atoms with van der Waals surface area (Å²) in [6.45, 7) is 3.64. The average molecular weight is 240 g/mol. The summed E-state index contributed by atoms with van der Waals surface area (Å²) in [5.74, 6) is 0.